The topological polar surface area (TPSA) is 12.4 Å². The largest absolute Gasteiger partial charge is 1.00 e. The van der Waals surface area contributed by atoms with E-state index in [-0.39, 0.29) is 24.0 Å². The molecule has 0 aliphatic heterocycles. The van der Waals surface area contributed by atoms with Crippen molar-refractivity contribution in [2.45, 2.75) is 20.8 Å². The highest BCUT2D eigenvalue weighted by Gasteiger charge is 2.16. The van der Waals surface area contributed by atoms with Crippen molar-refractivity contribution in [2.24, 2.45) is 5.10 Å². The molecule has 0 amide bonds. The Balaban J connectivity index is 0.00000225. The zero-order chi connectivity index (χ0) is 11.3. The van der Waals surface area contributed by atoms with Crippen molar-refractivity contribution in [3.05, 3.63) is 35.9 Å². The summed E-state index contributed by atoms with van der Waals surface area (Å²) >= 11 is 0. The maximum absolute atomic E-state index is 4.77. The molecule has 0 atom stereocenters. The van der Waals surface area contributed by atoms with Gasteiger partial charge in [-0.1, -0.05) is 35.4 Å². The second kappa shape index (κ2) is 7.01. The highest BCUT2D eigenvalue weighted by Crippen LogP contribution is 2.07. The Labute approximate surface area is 116 Å². The number of hydrogen-bond donors (Lipinski definition) is 0. The van der Waals surface area contributed by atoms with Crippen LogP contribution in [0.2, 0.25) is 0 Å². The van der Waals surface area contributed by atoms with Crippen LogP contribution < -0.4 is 24.0 Å². The molecular weight excluding hydrogens is 311 g/mol. The van der Waals surface area contributed by atoms with E-state index in [1.54, 1.807) is 0 Å². The first-order valence-electron chi connectivity index (χ1n) is 5.58. The third kappa shape index (κ3) is 4.22. The predicted molar refractivity (Wildman–Crippen MR) is 65.9 cm³/mol. The normalized spacial score (nSPS) is 12.1. The van der Waals surface area contributed by atoms with Gasteiger partial charge in [0.15, 0.2) is 0 Å². The molecule has 0 spiro atoms. The molecule has 1 aromatic rings. The van der Waals surface area contributed by atoms with Crippen molar-refractivity contribution in [1.29, 1.82) is 0 Å². The Hall–Kier alpha value is -0.420. The minimum atomic E-state index is 0. The van der Waals surface area contributed by atoms with E-state index >= 15 is 0 Å². The van der Waals surface area contributed by atoms with Crippen molar-refractivity contribution in [3.8, 4) is 0 Å². The molecule has 16 heavy (non-hydrogen) atoms. The molecule has 0 aliphatic rings. The molecule has 0 aromatic heterocycles. The second-order valence-corrected chi connectivity index (χ2v) is 4.02. The molecule has 0 aliphatic carbocycles. The van der Waals surface area contributed by atoms with E-state index in [1.165, 1.54) is 5.56 Å². The average molecular weight is 332 g/mol. The quantitative estimate of drug-likeness (QED) is 0.316. The highest BCUT2D eigenvalue weighted by molar-refractivity contribution is 5.98. The summed E-state index contributed by atoms with van der Waals surface area (Å²) in [5.41, 5.74) is 2.32. The number of rotatable bonds is 4. The van der Waals surface area contributed by atoms with Crippen molar-refractivity contribution in [3.63, 3.8) is 0 Å². The average Bonchev–Trinajstić information content (AvgIpc) is 2.30. The van der Waals surface area contributed by atoms with Gasteiger partial charge in [-0.3, -0.25) is 0 Å². The van der Waals surface area contributed by atoms with Gasteiger partial charge in [-0.15, -0.1) is 0 Å². The lowest BCUT2D eigenvalue weighted by atomic mass is 10.1. The van der Waals surface area contributed by atoms with Gasteiger partial charge >= 0.3 is 0 Å². The van der Waals surface area contributed by atoms with Crippen LogP contribution >= 0.6 is 0 Å². The summed E-state index contributed by atoms with van der Waals surface area (Å²) in [6.45, 7) is 8.48. The molecule has 3 heteroatoms. The number of quaternary nitrogens is 1. The van der Waals surface area contributed by atoms with Crippen LogP contribution in [0, 0.1) is 0 Å². The predicted octanol–water partition coefficient (Wildman–Crippen LogP) is -0.0990. The maximum Gasteiger partial charge on any atom is 0.100 e. The molecule has 2 nitrogen and oxygen atoms in total. The highest BCUT2D eigenvalue weighted by atomic mass is 127. The molecule has 0 N–H and O–H groups in total. The van der Waals surface area contributed by atoms with E-state index in [4.69, 9.17) is 5.10 Å². The molecule has 90 valence electrons. The van der Waals surface area contributed by atoms with Crippen molar-refractivity contribution in [1.82, 2.24) is 0 Å². The number of nitrogens with zero attached hydrogens (tertiary/aromatic N) is 2. The van der Waals surface area contributed by atoms with Crippen molar-refractivity contribution < 1.29 is 28.6 Å². The summed E-state index contributed by atoms with van der Waals surface area (Å²) in [4.78, 5) is 0. The van der Waals surface area contributed by atoms with Crippen LogP contribution in [0.1, 0.15) is 26.3 Å². The van der Waals surface area contributed by atoms with E-state index < -0.39 is 0 Å². The fourth-order valence-electron chi connectivity index (χ4n) is 1.46. The van der Waals surface area contributed by atoms with Crippen LogP contribution in [-0.2, 0) is 0 Å². The van der Waals surface area contributed by atoms with Crippen molar-refractivity contribution >= 4 is 5.71 Å². The number of hydrogen-bond acceptors (Lipinski definition) is 1. The van der Waals surface area contributed by atoms with Gasteiger partial charge in [-0.2, -0.15) is 0 Å². The summed E-state index contributed by atoms with van der Waals surface area (Å²) in [7, 11) is 2.16. The van der Waals surface area contributed by atoms with Crippen LogP contribution in [0.4, 0.5) is 0 Å². The molecule has 1 aromatic carbocycles. The van der Waals surface area contributed by atoms with Crippen LogP contribution in [0.15, 0.2) is 35.4 Å². The Morgan fingerprint density at radius 1 is 1.12 bits per heavy atom. The van der Waals surface area contributed by atoms with Gasteiger partial charge in [0, 0.05) is 5.56 Å². The molecule has 0 radical (unpaired) electrons. The van der Waals surface area contributed by atoms with Gasteiger partial charge in [0.2, 0.25) is 0 Å². The van der Waals surface area contributed by atoms with Crippen molar-refractivity contribution in [2.75, 3.05) is 20.1 Å². The third-order valence-electron chi connectivity index (χ3n) is 2.95. The molecule has 0 heterocycles. The zero-order valence-electron chi connectivity index (χ0n) is 10.6. The first kappa shape index (κ1) is 15.6. The van der Waals surface area contributed by atoms with Crippen LogP contribution in [0.5, 0.6) is 0 Å². The molecule has 0 fully saturated rings. The van der Waals surface area contributed by atoms with Gasteiger partial charge < -0.3 is 24.0 Å². The second-order valence-electron chi connectivity index (χ2n) is 4.02. The maximum atomic E-state index is 4.77. The summed E-state index contributed by atoms with van der Waals surface area (Å²) in [5, 5.41) is 4.77. The zero-order valence-corrected chi connectivity index (χ0v) is 12.7. The fourth-order valence-corrected chi connectivity index (χ4v) is 1.46. The Morgan fingerprint density at radius 3 is 2.06 bits per heavy atom. The van der Waals surface area contributed by atoms with E-state index in [0.29, 0.717) is 0 Å². The lowest BCUT2D eigenvalue weighted by Crippen LogP contribution is -3.00. The Bertz CT molecular complexity index is 329. The van der Waals surface area contributed by atoms with Gasteiger partial charge in [0.25, 0.3) is 0 Å². The summed E-state index contributed by atoms with van der Waals surface area (Å²) in [6, 6.07) is 10.3. The van der Waals surface area contributed by atoms with E-state index in [2.05, 4.69) is 52.1 Å². The molecule has 1 rings (SSSR count). The SMILES string of the molecule is CC[N+](C)(CC)/N=C(\C)c1ccccc1.[I-]. The number of benzene rings is 1. The van der Waals surface area contributed by atoms with E-state index in [9.17, 15) is 0 Å². The van der Waals surface area contributed by atoms with Crippen LogP contribution in [-0.4, -0.2) is 30.4 Å². The smallest absolute Gasteiger partial charge is 0.100 e. The summed E-state index contributed by atoms with van der Waals surface area (Å²) in [5.74, 6) is 0. The van der Waals surface area contributed by atoms with Gasteiger partial charge in [0.1, 0.15) is 13.1 Å². The minimum Gasteiger partial charge on any atom is -1.00 e. The summed E-state index contributed by atoms with van der Waals surface area (Å²) < 4.78 is 0.751. The minimum absolute atomic E-state index is 0. The van der Waals surface area contributed by atoms with Gasteiger partial charge in [0.05, 0.1) is 12.8 Å². The van der Waals surface area contributed by atoms with Gasteiger partial charge in [-0.05, 0) is 20.8 Å². The van der Waals surface area contributed by atoms with Gasteiger partial charge in [-0.25, -0.2) is 4.59 Å². The van der Waals surface area contributed by atoms with Crippen LogP contribution in [0.3, 0.4) is 0 Å². The third-order valence-corrected chi connectivity index (χ3v) is 2.95. The first-order chi connectivity index (χ1) is 7.11. The Morgan fingerprint density at radius 2 is 1.62 bits per heavy atom. The monoisotopic (exact) mass is 332 g/mol. The van der Waals surface area contributed by atoms with E-state index in [1.807, 2.05) is 6.07 Å². The molecule has 0 saturated carbocycles. The number of halogens is 1. The standard InChI is InChI=1S/C13H21N2.HI/c1-5-15(4,6-2)14-12(3)13-10-8-7-9-11-13;/h7-11H,5-6H2,1-4H3;1H/q+1;/p-1/b14-12+;. The van der Waals surface area contributed by atoms with Crippen LogP contribution in [0.25, 0.3) is 0 Å². The lowest BCUT2D eigenvalue weighted by molar-refractivity contribution is -0.912. The van der Waals surface area contributed by atoms with E-state index in [0.717, 1.165) is 23.4 Å². The first-order valence-corrected chi connectivity index (χ1v) is 5.58. The molecule has 0 unspecified atom stereocenters. The molecular formula is C13H21IN2. The Kier molecular flexibility index (Phi) is 6.83. The molecule has 0 saturated heterocycles. The fraction of sp³-hybridized carbons (Fsp3) is 0.462. The lowest BCUT2D eigenvalue weighted by Gasteiger charge is -2.25. The summed E-state index contributed by atoms with van der Waals surface area (Å²) in [6.07, 6.45) is 0. The molecule has 0 bridgehead atoms.